The lowest BCUT2D eigenvalue weighted by atomic mass is 9.91. The molecule has 1 aliphatic carbocycles. The molecule has 2 aromatic carbocycles. The zero-order valence-corrected chi connectivity index (χ0v) is 18.2. The Morgan fingerprint density at radius 2 is 1.30 bits per heavy atom. The van der Waals surface area contributed by atoms with E-state index in [4.69, 9.17) is 0 Å². The molecular weight excluding hydrogens is 372 g/mol. The van der Waals surface area contributed by atoms with Crippen molar-refractivity contribution in [1.29, 1.82) is 0 Å². The SMILES string of the molecule is C=C1CC(C)(C)CC1C(S(=O)c1ccc(C)cc1)S(=O)c1ccc(C)cc1. The highest BCUT2D eigenvalue weighted by Crippen LogP contribution is 2.48. The second-order valence-corrected chi connectivity index (χ2v) is 11.8. The van der Waals surface area contributed by atoms with Crippen LogP contribution in [0.5, 0.6) is 0 Å². The van der Waals surface area contributed by atoms with Crippen LogP contribution in [0.25, 0.3) is 0 Å². The smallest absolute Gasteiger partial charge is 0.126 e. The summed E-state index contributed by atoms with van der Waals surface area (Å²) in [6, 6.07) is 15.4. The van der Waals surface area contributed by atoms with Crippen molar-refractivity contribution in [3.8, 4) is 0 Å². The molecule has 0 amide bonds. The van der Waals surface area contributed by atoms with Crippen LogP contribution < -0.4 is 0 Å². The van der Waals surface area contributed by atoms with E-state index in [2.05, 4.69) is 20.4 Å². The maximum Gasteiger partial charge on any atom is 0.126 e. The Labute approximate surface area is 168 Å². The molecule has 0 heterocycles. The molecule has 0 saturated heterocycles. The molecule has 2 aromatic rings. The zero-order chi connectivity index (χ0) is 19.8. The molecule has 3 rings (SSSR count). The van der Waals surface area contributed by atoms with Crippen molar-refractivity contribution in [2.24, 2.45) is 11.3 Å². The predicted molar refractivity (Wildman–Crippen MR) is 115 cm³/mol. The molecule has 1 aliphatic rings. The van der Waals surface area contributed by atoms with Crippen molar-refractivity contribution in [2.75, 3.05) is 0 Å². The number of benzene rings is 2. The summed E-state index contributed by atoms with van der Waals surface area (Å²) in [7, 11) is -2.74. The summed E-state index contributed by atoms with van der Waals surface area (Å²) in [6.45, 7) is 12.7. The fourth-order valence-electron chi connectivity index (χ4n) is 3.84. The van der Waals surface area contributed by atoms with Gasteiger partial charge in [-0.2, -0.15) is 0 Å². The van der Waals surface area contributed by atoms with Gasteiger partial charge in [-0.1, -0.05) is 61.4 Å². The van der Waals surface area contributed by atoms with Crippen LogP contribution in [0.1, 0.15) is 37.8 Å². The zero-order valence-electron chi connectivity index (χ0n) is 16.5. The van der Waals surface area contributed by atoms with E-state index in [0.717, 1.165) is 39.3 Å². The van der Waals surface area contributed by atoms with Crippen molar-refractivity contribution in [1.82, 2.24) is 0 Å². The number of hydrogen-bond donors (Lipinski definition) is 0. The van der Waals surface area contributed by atoms with E-state index in [-0.39, 0.29) is 11.3 Å². The molecule has 1 fully saturated rings. The highest BCUT2D eigenvalue weighted by Gasteiger charge is 2.43. The first-order valence-corrected chi connectivity index (χ1v) is 11.7. The molecule has 27 heavy (non-hydrogen) atoms. The van der Waals surface area contributed by atoms with Gasteiger partial charge in [0.2, 0.25) is 0 Å². The Morgan fingerprint density at radius 1 is 0.889 bits per heavy atom. The molecule has 0 radical (unpaired) electrons. The number of allylic oxidation sites excluding steroid dienone is 1. The van der Waals surface area contributed by atoms with E-state index >= 15 is 0 Å². The summed E-state index contributed by atoms with van der Waals surface area (Å²) < 4.78 is 26.6. The van der Waals surface area contributed by atoms with Crippen molar-refractivity contribution in [3.63, 3.8) is 0 Å². The van der Waals surface area contributed by atoms with Crippen molar-refractivity contribution in [2.45, 2.75) is 54.9 Å². The van der Waals surface area contributed by atoms with Crippen LogP contribution in [0.4, 0.5) is 0 Å². The van der Waals surface area contributed by atoms with Gasteiger partial charge in [-0.3, -0.25) is 8.42 Å². The average Bonchev–Trinajstić information content (AvgIpc) is 2.88. The van der Waals surface area contributed by atoms with Crippen molar-refractivity contribution in [3.05, 3.63) is 71.8 Å². The molecule has 144 valence electrons. The quantitative estimate of drug-likeness (QED) is 0.618. The minimum Gasteiger partial charge on any atom is -0.253 e. The van der Waals surface area contributed by atoms with Crippen LogP contribution >= 0.6 is 0 Å². The van der Waals surface area contributed by atoms with Gasteiger partial charge < -0.3 is 0 Å². The molecular formula is C23H28O2S2. The Balaban J connectivity index is 2.02. The minimum atomic E-state index is -1.37. The molecule has 4 heteroatoms. The van der Waals surface area contributed by atoms with Gasteiger partial charge in [0.25, 0.3) is 0 Å². The van der Waals surface area contributed by atoms with Gasteiger partial charge in [0.1, 0.15) is 4.58 Å². The molecule has 0 N–H and O–H groups in total. The number of hydrogen-bond acceptors (Lipinski definition) is 2. The number of aryl methyl sites for hydroxylation is 2. The standard InChI is InChI=1S/C23H28O2S2/c1-16-6-10-19(11-7-16)26(24)22(21-15-23(4,5)14-18(21)3)27(25)20-12-8-17(2)9-13-20/h6-13,21-22H,3,14-15H2,1-2,4-5H3. The second-order valence-electron chi connectivity index (χ2n) is 8.40. The first-order valence-electron chi connectivity index (χ1n) is 9.30. The van der Waals surface area contributed by atoms with Crippen molar-refractivity contribution >= 4 is 21.6 Å². The molecule has 3 atom stereocenters. The van der Waals surface area contributed by atoms with Crippen LogP contribution in [0.15, 0.2) is 70.5 Å². The second kappa shape index (κ2) is 7.84. The summed E-state index contributed by atoms with van der Waals surface area (Å²) in [5, 5.41) is 0. The van der Waals surface area contributed by atoms with Gasteiger partial charge in [-0.25, -0.2) is 0 Å². The molecule has 0 aliphatic heterocycles. The third kappa shape index (κ3) is 4.49. The summed E-state index contributed by atoms with van der Waals surface area (Å²) in [6.07, 6.45) is 1.76. The van der Waals surface area contributed by atoms with Gasteiger partial charge in [0.05, 0.1) is 21.6 Å². The average molecular weight is 401 g/mol. The third-order valence-corrected chi connectivity index (χ3v) is 9.28. The fourth-order valence-corrected chi connectivity index (χ4v) is 7.66. The molecule has 0 spiro atoms. The summed E-state index contributed by atoms with van der Waals surface area (Å²) in [5.41, 5.74) is 3.43. The Morgan fingerprint density at radius 3 is 1.63 bits per heavy atom. The lowest BCUT2D eigenvalue weighted by Gasteiger charge is -2.25. The lowest BCUT2D eigenvalue weighted by molar-refractivity contribution is 0.365. The molecule has 0 bridgehead atoms. The maximum atomic E-state index is 13.6. The summed E-state index contributed by atoms with van der Waals surface area (Å²) >= 11 is 0. The molecule has 3 unspecified atom stereocenters. The predicted octanol–water partition coefficient (Wildman–Crippen LogP) is 5.54. The molecule has 2 nitrogen and oxygen atoms in total. The highest BCUT2D eigenvalue weighted by atomic mass is 32.2. The van der Waals surface area contributed by atoms with Gasteiger partial charge in [0, 0.05) is 15.7 Å². The van der Waals surface area contributed by atoms with E-state index < -0.39 is 26.2 Å². The molecule has 0 aromatic heterocycles. The van der Waals surface area contributed by atoms with Crippen LogP contribution in [0.2, 0.25) is 0 Å². The van der Waals surface area contributed by atoms with Gasteiger partial charge in [-0.15, -0.1) is 0 Å². The number of rotatable bonds is 5. The van der Waals surface area contributed by atoms with Crippen LogP contribution in [0.3, 0.4) is 0 Å². The first kappa shape index (κ1) is 20.2. The summed E-state index contributed by atoms with van der Waals surface area (Å²) in [5.74, 6) is -0.00993. The van der Waals surface area contributed by atoms with Gasteiger partial charge in [-0.05, 0) is 56.4 Å². The van der Waals surface area contributed by atoms with Gasteiger partial charge >= 0.3 is 0 Å². The van der Waals surface area contributed by atoms with E-state index in [9.17, 15) is 8.42 Å². The van der Waals surface area contributed by atoms with Crippen LogP contribution in [-0.2, 0) is 21.6 Å². The normalized spacial score (nSPS) is 22.4. The van der Waals surface area contributed by atoms with E-state index in [0.29, 0.717) is 0 Å². The third-order valence-electron chi connectivity index (χ3n) is 5.26. The van der Waals surface area contributed by atoms with E-state index in [1.165, 1.54) is 0 Å². The topological polar surface area (TPSA) is 34.1 Å². The van der Waals surface area contributed by atoms with Crippen LogP contribution in [0, 0.1) is 25.2 Å². The van der Waals surface area contributed by atoms with E-state index in [1.54, 1.807) is 0 Å². The Kier molecular flexibility index (Phi) is 5.87. The van der Waals surface area contributed by atoms with E-state index in [1.807, 2.05) is 62.4 Å². The van der Waals surface area contributed by atoms with Gasteiger partial charge in [0.15, 0.2) is 0 Å². The largest absolute Gasteiger partial charge is 0.253 e. The lowest BCUT2D eigenvalue weighted by Crippen LogP contribution is -2.30. The Hall–Kier alpha value is -1.52. The monoisotopic (exact) mass is 400 g/mol. The van der Waals surface area contributed by atoms with Crippen LogP contribution in [-0.4, -0.2) is 13.0 Å². The first-order chi connectivity index (χ1) is 12.7. The summed E-state index contributed by atoms with van der Waals surface area (Å²) in [4.78, 5) is 1.48. The molecule has 1 saturated carbocycles. The highest BCUT2D eigenvalue weighted by molar-refractivity contribution is 8.03. The van der Waals surface area contributed by atoms with Crippen molar-refractivity contribution < 1.29 is 8.42 Å². The minimum absolute atomic E-state index is 0.00993. The maximum absolute atomic E-state index is 13.6. The fraction of sp³-hybridized carbons (Fsp3) is 0.391. The Bertz CT molecular complexity index is 822.